The van der Waals surface area contributed by atoms with Crippen molar-refractivity contribution in [3.05, 3.63) is 58.7 Å². The third-order valence-electron chi connectivity index (χ3n) is 4.62. The van der Waals surface area contributed by atoms with Crippen LogP contribution < -0.4 is 14.8 Å². The lowest BCUT2D eigenvalue weighted by atomic mass is 9.89. The molecule has 1 aliphatic rings. The molecule has 0 fully saturated rings. The second kappa shape index (κ2) is 7.89. The van der Waals surface area contributed by atoms with E-state index in [0.717, 1.165) is 31.0 Å². The molecule has 4 heteroatoms. The van der Waals surface area contributed by atoms with Gasteiger partial charge in [0.15, 0.2) is 0 Å². The van der Waals surface area contributed by atoms with Gasteiger partial charge >= 0.3 is 0 Å². The van der Waals surface area contributed by atoms with Crippen molar-refractivity contribution in [1.82, 2.24) is 10.2 Å². The highest BCUT2D eigenvalue weighted by molar-refractivity contribution is 5.46. The summed E-state index contributed by atoms with van der Waals surface area (Å²) in [6.07, 6.45) is 1.03. The standard InChI is InChI=1S/C21H28N2O2/c1-15-11-17(14-19(12-15)24-4)21-20-6-5-18(25-10-9-23(2)3)13-16(20)7-8-22-21/h5-6,11-14,21-22H,7-10H2,1-4H3. The van der Waals surface area contributed by atoms with E-state index >= 15 is 0 Å². The quantitative estimate of drug-likeness (QED) is 0.876. The van der Waals surface area contributed by atoms with Gasteiger partial charge in [-0.3, -0.25) is 0 Å². The zero-order valence-electron chi connectivity index (χ0n) is 15.6. The largest absolute Gasteiger partial charge is 0.497 e. The first-order chi connectivity index (χ1) is 12.1. The van der Waals surface area contributed by atoms with Crippen LogP contribution in [-0.2, 0) is 6.42 Å². The fourth-order valence-corrected chi connectivity index (χ4v) is 3.34. The highest BCUT2D eigenvalue weighted by atomic mass is 16.5. The van der Waals surface area contributed by atoms with Crippen LogP contribution in [0.25, 0.3) is 0 Å². The summed E-state index contributed by atoms with van der Waals surface area (Å²) in [7, 11) is 5.84. The Labute approximate surface area is 150 Å². The van der Waals surface area contributed by atoms with E-state index in [1.165, 1.54) is 22.3 Å². The molecule has 0 saturated carbocycles. The number of methoxy groups -OCH3 is 1. The number of ether oxygens (including phenoxy) is 2. The van der Waals surface area contributed by atoms with Crippen LogP contribution in [0.1, 0.15) is 28.3 Å². The van der Waals surface area contributed by atoms with Crippen LogP contribution in [0.2, 0.25) is 0 Å². The first-order valence-corrected chi connectivity index (χ1v) is 8.86. The van der Waals surface area contributed by atoms with Crippen LogP contribution in [0.5, 0.6) is 11.5 Å². The third-order valence-corrected chi connectivity index (χ3v) is 4.62. The zero-order valence-corrected chi connectivity index (χ0v) is 15.6. The summed E-state index contributed by atoms with van der Waals surface area (Å²) in [6, 6.07) is 13.1. The predicted molar refractivity (Wildman–Crippen MR) is 102 cm³/mol. The van der Waals surface area contributed by atoms with Gasteiger partial charge < -0.3 is 19.7 Å². The van der Waals surface area contributed by atoms with Gasteiger partial charge in [0.2, 0.25) is 0 Å². The molecule has 3 rings (SSSR count). The highest BCUT2D eigenvalue weighted by Crippen LogP contribution is 2.33. The van der Waals surface area contributed by atoms with Gasteiger partial charge in [-0.25, -0.2) is 0 Å². The van der Waals surface area contributed by atoms with Gasteiger partial charge in [0.25, 0.3) is 0 Å². The van der Waals surface area contributed by atoms with Crippen LogP contribution in [0.3, 0.4) is 0 Å². The maximum atomic E-state index is 5.90. The monoisotopic (exact) mass is 340 g/mol. The molecule has 0 aromatic heterocycles. The van der Waals surface area contributed by atoms with Gasteiger partial charge in [-0.05, 0) is 74.0 Å². The molecule has 1 heterocycles. The minimum absolute atomic E-state index is 0.202. The third kappa shape index (κ3) is 4.33. The highest BCUT2D eigenvalue weighted by Gasteiger charge is 2.22. The van der Waals surface area contributed by atoms with Gasteiger partial charge in [0, 0.05) is 13.1 Å². The van der Waals surface area contributed by atoms with Crippen LogP contribution in [0, 0.1) is 6.92 Å². The number of rotatable bonds is 6. The SMILES string of the molecule is COc1cc(C)cc(C2NCCc3cc(OCCN(C)C)ccc32)c1. The Hall–Kier alpha value is -2.04. The lowest BCUT2D eigenvalue weighted by molar-refractivity contribution is 0.261. The van der Waals surface area contributed by atoms with Crippen molar-refractivity contribution in [3.63, 3.8) is 0 Å². The Kier molecular flexibility index (Phi) is 5.61. The number of hydrogen-bond acceptors (Lipinski definition) is 4. The van der Waals surface area contributed by atoms with E-state index < -0.39 is 0 Å². The second-order valence-corrected chi connectivity index (χ2v) is 6.93. The molecule has 0 saturated heterocycles. The average molecular weight is 340 g/mol. The molecule has 2 aromatic rings. The number of nitrogens with zero attached hydrogens (tertiary/aromatic N) is 1. The first kappa shape index (κ1) is 17.8. The number of fused-ring (bicyclic) bond motifs is 1. The van der Waals surface area contributed by atoms with Crippen LogP contribution in [0.4, 0.5) is 0 Å². The van der Waals surface area contributed by atoms with Gasteiger partial charge in [-0.15, -0.1) is 0 Å². The van der Waals surface area contributed by atoms with Crippen molar-refractivity contribution < 1.29 is 9.47 Å². The summed E-state index contributed by atoms with van der Waals surface area (Å²) < 4.78 is 11.3. The minimum Gasteiger partial charge on any atom is -0.497 e. The van der Waals surface area contributed by atoms with Gasteiger partial charge in [0.1, 0.15) is 18.1 Å². The van der Waals surface area contributed by atoms with Crippen LogP contribution >= 0.6 is 0 Å². The maximum absolute atomic E-state index is 5.90. The zero-order chi connectivity index (χ0) is 17.8. The first-order valence-electron chi connectivity index (χ1n) is 8.86. The van der Waals surface area contributed by atoms with Crippen LogP contribution in [0.15, 0.2) is 36.4 Å². The maximum Gasteiger partial charge on any atom is 0.119 e. The van der Waals surface area contributed by atoms with Gasteiger partial charge in [-0.1, -0.05) is 12.1 Å². The molecular weight excluding hydrogens is 312 g/mol. The summed E-state index contributed by atoms with van der Waals surface area (Å²) in [6.45, 7) is 4.71. The fourth-order valence-electron chi connectivity index (χ4n) is 3.34. The number of likely N-dealkylation sites (N-methyl/N-ethyl adjacent to an activating group) is 1. The topological polar surface area (TPSA) is 33.7 Å². The molecule has 134 valence electrons. The number of benzene rings is 2. The van der Waals surface area contributed by atoms with E-state index in [-0.39, 0.29) is 6.04 Å². The predicted octanol–water partition coefficient (Wildman–Crippen LogP) is 3.18. The molecule has 0 amide bonds. The molecule has 1 aliphatic heterocycles. The smallest absolute Gasteiger partial charge is 0.119 e. The molecule has 0 spiro atoms. The van der Waals surface area contributed by atoms with Crippen molar-refractivity contribution >= 4 is 0 Å². The Bertz CT molecular complexity index is 728. The number of hydrogen-bond donors (Lipinski definition) is 1. The van der Waals surface area contributed by atoms with E-state index in [9.17, 15) is 0 Å². The molecule has 0 aliphatic carbocycles. The molecule has 1 unspecified atom stereocenters. The van der Waals surface area contributed by atoms with Crippen molar-refractivity contribution in [2.75, 3.05) is 40.9 Å². The number of aryl methyl sites for hydroxylation is 1. The van der Waals surface area contributed by atoms with Crippen molar-refractivity contribution in [2.45, 2.75) is 19.4 Å². The van der Waals surface area contributed by atoms with E-state index in [1.807, 2.05) is 0 Å². The fraction of sp³-hybridized carbons (Fsp3) is 0.429. The second-order valence-electron chi connectivity index (χ2n) is 6.93. The molecule has 4 nitrogen and oxygen atoms in total. The lowest BCUT2D eigenvalue weighted by Crippen LogP contribution is -2.30. The minimum atomic E-state index is 0.202. The van der Waals surface area contributed by atoms with Crippen molar-refractivity contribution in [3.8, 4) is 11.5 Å². The van der Waals surface area contributed by atoms with Gasteiger partial charge in [-0.2, -0.15) is 0 Å². The summed E-state index contributed by atoms with van der Waals surface area (Å²) in [4.78, 5) is 2.13. The Balaban J connectivity index is 1.83. The normalized spacial score (nSPS) is 16.6. The Morgan fingerprint density at radius 3 is 2.72 bits per heavy atom. The van der Waals surface area contributed by atoms with Gasteiger partial charge in [0.05, 0.1) is 13.2 Å². The molecule has 1 N–H and O–H groups in total. The lowest BCUT2D eigenvalue weighted by Gasteiger charge is -2.28. The summed E-state index contributed by atoms with van der Waals surface area (Å²) in [5.74, 6) is 1.87. The van der Waals surface area contributed by atoms with Crippen LogP contribution in [-0.4, -0.2) is 45.8 Å². The Morgan fingerprint density at radius 1 is 1.12 bits per heavy atom. The van der Waals surface area contributed by atoms with Crippen molar-refractivity contribution in [2.24, 2.45) is 0 Å². The Morgan fingerprint density at radius 2 is 1.96 bits per heavy atom. The summed E-state index contributed by atoms with van der Waals surface area (Å²) >= 11 is 0. The van der Waals surface area contributed by atoms with E-state index in [1.54, 1.807) is 7.11 Å². The number of nitrogens with one attached hydrogen (secondary N) is 1. The van der Waals surface area contributed by atoms with E-state index in [0.29, 0.717) is 6.61 Å². The molecule has 1 atom stereocenters. The molecule has 25 heavy (non-hydrogen) atoms. The van der Waals surface area contributed by atoms with E-state index in [2.05, 4.69) is 67.6 Å². The molecule has 0 radical (unpaired) electrons. The summed E-state index contributed by atoms with van der Waals surface area (Å²) in [5.41, 5.74) is 5.16. The molecule has 2 aromatic carbocycles. The molecular formula is C21H28N2O2. The van der Waals surface area contributed by atoms with Crippen molar-refractivity contribution in [1.29, 1.82) is 0 Å². The molecule has 0 bridgehead atoms. The summed E-state index contributed by atoms with van der Waals surface area (Å²) in [5, 5.41) is 3.64. The average Bonchev–Trinajstić information content (AvgIpc) is 2.60. The van der Waals surface area contributed by atoms with E-state index in [4.69, 9.17) is 9.47 Å².